The molecule has 18 heavy (non-hydrogen) atoms. The van der Waals surface area contributed by atoms with E-state index < -0.39 is 0 Å². The van der Waals surface area contributed by atoms with Gasteiger partial charge in [-0.05, 0) is 49.2 Å². The van der Waals surface area contributed by atoms with Gasteiger partial charge in [-0.1, -0.05) is 25.4 Å². The number of hydrogen-bond acceptors (Lipinski definition) is 2. The van der Waals surface area contributed by atoms with Crippen LogP contribution in [0.25, 0.3) is 10.9 Å². The molecule has 0 bridgehead atoms. The molecular formula is C15H19ClN2. The molecule has 0 aliphatic rings. The minimum Gasteiger partial charge on any atom is -0.316 e. The Morgan fingerprint density at radius 1 is 1.28 bits per heavy atom. The first kappa shape index (κ1) is 13.3. The number of benzene rings is 1. The minimum atomic E-state index is 0.431. The summed E-state index contributed by atoms with van der Waals surface area (Å²) in [6, 6.07) is 6.16. The Hall–Kier alpha value is -1.12. The third-order valence-electron chi connectivity index (χ3n) is 3.13. The van der Waals surface area contributed by atoms with Gasteiger partial charge in [0.25, 0.3) is 0 Å². The summed E-state index contributed by atoms with van der Waals surface area (Å²) in [7, 11) is 1.96. The Bertz CT molecular complexity index is 576. The van der Waals surface area contributed by atoms with Crippen molar-refractivity contribution in [2.75, 3.05) is 7.05 Å². The fraction of sp³-hybridized carbons (Fsp3) is 0.400. The second-order valence-electron chi connectivity index (χ2n) is 5.01. The highest BCUT2D eigenvalue weighted by Crippen LogP contribution is 2.27. The van der Waals surface area contributed by atoms with Crippen molar-refractivity contribution in [1.29, 1.82) is 0 Å². The van der Waals surface area contributed by atoms with Crippen molar-refractivity contribution in [3.63, 3.8) is 0 Å². The normalized spacial score (nSPS) is 11.4. The topological polar surface area (TPSA) is 24.9 Å². The van der Waals surface area contributed by atoms with Gasteiger partial charge in [-0.25, -0.2) is 0 Å². The summed E-state index contributed by atoms with van der Waals surface area (Å²) in [6.07, 6.45) is 0. The van der Waals surface area contributed by atoms with Gasteiger partial charge in [0.15, 0.2) is 0 Å². The molecule has 2 nitrogen and oxygen atoms in total. The SMILES string of the molecule is CNCc1cc(C(C)C)nc2c(C)cc(Cl)cc12. The third-order valence-corrected chi connectivity index (χ3v) is 3.35. The summed E-state index contributed by atoms with van der Waals surface area (Å²) in [4.78, 5) is 4.77. The molecule has 0 aliphatic heterocycles. The second kappa shape index (κ2) is 5.25. The van der Waals surface area contributed by atoms with E-state index in [-0.39, 0.29) is 0 Å². The molecule has 96 valence electrons. The van der Waals surface area contributed by atoms with E-state index in [1.807, 2.05) is 19.2 Å². The van der Waals surface area contributed by atoms with Crippen LogP contribution in [0.3, 0.4) is 0 Å². The fourth-order valence-electron chi connectivity index (χ4n) is 2.18. The van der Waals surface area contributed by atoms with Crippen molar-refractivity contribution in [3.8, 4) is 0 Å². The molecule has 2 aromatic rings. The van der Waals surface area contributed by atoms with Crippen LogP contribution in [0.5, 0.6) is 0 Å². The molecule has 0 unspecified atom stereocenters. The van der Waals surface area contributed by atoms with Gasteiger partial charge in [0.2, 0.25) is 0 Å². The number of hydrogen-bond donors (Lipinski definition) is 1. The lowest BCUT2D eigenvalue weighted by molar-refractivity contribution is 0.798. The van der Waals surface area contributed by atoms with Crippen molar-refractivity contribution in [2.45, 2.75) is 33.2 Å². The van der Waals surface area contributed by atoms with Crippen LogP contribution in [0.2, 0.25) is 5.02 Å². The largest absolute Gasteiger partial charge is 0.316 e. The Morgan fingerprint density at radius 3 is 2.61 bits per heavy atom. The molecule has 0 radical (unpaired) electrons. The Morgan fingerprint density at radius 2 is 2.00 bits per heavy atom. The van der Waals surface area contributed by atoms with E-state index in [1.54, 1.807) is 0 Å². The Balaban J connectivity index is 2.76. The maximum absolute atomic E-state index is 6.15. The summed E-state index contributed by atoms with van der Waals surface area (Å²) in [5.74, 6) is 0.431. The van der Waals surface area contributed by atoms with Crippen molar-refractivity contribution >= 4 is 22.5 Å². The molecule has 2 rings (SSSR count). The van der Waals surface area contributed by atoms with Crippen LogP contribution in [0.15, 0.2) is 18.2 Å². The maximum Gasteiger partial charge on any atom is 0.0738 e. The molecule has 1 aromatic carbocycles. The van der Waals surface area contributed by atoms with Gasteiger partial charge in [0.05, 0.1) is 5.52 Å². The van der Waals surface area contributed by atoms with E-state index in [2.05, 4.69) is 32.2 Å². The smallest absolute Gasteiger partial charge is 0.0738 e. The molecule has 0 saturated heterocycles. The molecule has 0 spiro atoms. The number of fused-ring (bicyclic) bond motifs is 1. The molecule has 3 heteroatoms. The monoisotopic (exact) mass is 262 g/mol. The van der Waals surface area contributed by atoms with Crippen LogP contribution in [0.4, 0.5) is 0 Å². The van der Waals surface area contributed by atoms with E-state index >= 15 is 0 Å². The van der Waals surface area contributed by atoms with Crippen LogP contribution in [0.1, 0.15) is 36.6 Å². The van der Waals surface area contributed by atoms with Gasteiger partial charge in [-0.15, -0.1) is 0 Å². The van der Waals surface area contributed by atoms with E-state index in [0.29, 0.717) is 5.92 Å². The van der Waals surface area contributed by atoms with Gasteiger partial charge in [-0.2, -0.15) is 0 Å². The number of aryl methyl sites for hydroxylation is 1. The highest BCUT2D eigenvalue weighted by atomic mass is 35.5. The van der Waals surface area contributed by atoms with E-state index in [0.717, 1.165) is 33.7 Å². The predicted molar refractivity (Wildman–Crippen MR) is 78.3 cm³/mol. The first-order valence-corrected chi connectivity index (χ1v) is 6.65. The van der Waals surface area contributed by atoms with Gasteiger partial charge < -0.3 is 5.32 Å². The molecule has 1 heterocycles. The van der Waals surface area contributed by atoms with Crippen molar-refractivity contribution in [2.24, 2.45) is 0 Å². The zero-order chi connectivity index (χ0) is 13.3. The van der Waals surface area contributed by atoms with E-state index in [1.165, 1.54) is 5.56 Å². The zero-order valence-electron chi connectivity index (χ0n) is 11.3. The molecule has 0 saturated carbocycles. The average Bonchev–Trinajstić information content (AvgIpc) is 2.29. The van der Waals surface area contributed by atoms with Crippen LogP contribution < -0.4 is 5.32 Å². The molecule has 0 amide bonds. The summed E-state index contributed by atoms with van der Waals surface area (Å²) in [5, 5.41) is 5.14. The molecule has 0 atom stereocenters. The zero-order valence-corrected chi connectivity index (χ0v) is 12.1. The first-order valence-electron chi connectivity index (χ1n) is 6.27. The lowest BCUT2D eigenvalue weighted by atomic mass is 10.0. The first-order chi connectivity index (χ1) is 8.52. The number of aromatic nitrogens is 1. The lowest BCUT2D eigenvalue weighted by Gasteiger charge is -2.13. The van der Waals surface area contributed by atoms with Gasteiger partial charge >= 0.3 is 0 Å². The predicted octanol–water partition coefficient (Wildman–Crippen LogP) is 4.04. The van der Waals surface area contributed by atoms with Crippen LogP contribution in [-0.4, -0.2) is 12.0 Å². The van der Waals surface area contributed by atoms with Gasteiger partial charge in [0.1, 0.15) is 0 Å². The number of pyridine rings is 1. The van der Waals surface area contributed by atoms with Gasteiger partial charge in [0, 0.05) is 22.6 Å². The van der Waals surface area contributed by atoms with Crippen molar-refractivity contribution < 1.29 is 0 Å². The number of nitrogens with zero attached hydrogens (tertiary/aromatic N) is 1. The number of halogens is 1. The number of rotatable bonds is 3. The Kier molecular flexibility index (Phi) is 3.88. The van der Waals surface area contributed by atoms with Crippen LogP contribution in [-0.2, 0) is 6.54 Å². The maximum atomic E-state index is 6.15. The standard InChI is InChI=1S/C15H19ClN2/c1-9(2)14-6-11(8-17-4)13-7-12(16)5-10(3)15(13)18-14/h5-7,9,17H,8H2,1-4H3. The van der Waals surface area contributed by atoms with Crippen LogP contribution in [0, 0.1) is 6.92 Å². The summed E-state index contributed by atoms with van der Waals surface area (Å²) < 4.78 is 0. The van der Waals surface area contributed by atoms with Crippen LogP contribution >= 0.6 is 11.6 Å². The summed E-state index contributed by atoms with van der Waals surface area (Å²) in [5.41, 5.74) is 4.60. The summed E-state index contributed by atoms with van der Waals surface area (Å²) >= 11 is 6.15. The minimum absolute atomic E-state index is 0.431. The van der Waals surface area contributed by atoms with Gasteiger partial charge in [-0.3, -0.25) is 4.98 Å². The van der Waals surface area contributed by atoms with E-state index in [9.17, 15) is 0 Å². The third kappa shape index (κ3) is 2.50. The lowest BCUT2D eigenvalue weighted by Crippen LogP contribution is -2.08. The second-order valence-corrected chi connectivity index (χ2v) is 5.45. The number of nitrogens with one attached hydrogen (secondary N) is 1. The highest BCUT2D eigenvalue weighted by Gasteiger charge is 2.10. The molecule has 1 N–H and O–H groups in total. The quantitative estimate of drug-likeness (QED) is 0.903. The molecular weight excluding hydrogens is 244 g/mol. The highest BCUT2D eigenvalue weighted by molar-refractivity contribution is 6.31. The molecule has 0 fully saturated rings. The fourth-order valence-corrected chi connectivity index (χ4v) is 2.45. The van der Waals surface area contributed by atoms with E-state index in [4.69, 9.17) is 16.6 Å². The van der Waals surface area contributed by atoms with Crippen molar-refractivity contribution in [3.05, 3.63) is 40.0 Å². The average molecular weight is 263 g/mol. The summed E-state index contributed by atoms with van der Waals surface area (Å²) in [6.45, 7) is 7.23. The van der Waals surface area contributed by atoms with Crippen molar-refractivity contribution in [1.82, 2.24) is 10.3 Å². The Labute approximate surface area is 113 Å². The molecule has 0 aliphatic carbocycles. The molecule has 1 aromatic heterocycles.